The number of amides is 1. The minimum absolute atomic E-state index is 0.00391. The molecule has 4 heteroatoms. The molecular weight excluding hydrogens is 292 g/mol. The first kappa shape index (κ1) is 16.7. The third kappa shape index (κ3) is 4.67. The van der Waals surface area contributed by atoms with Crippen molar-refractivity contribution >= 4 is 17.2 Å². The van der Waals surface area contributed by atoms with Crippen molar-refractivity contribution in [3.63, 3.8) is 0 Å². The van der Waals surface area contributed by atoms with Crippen LogP contribution < -0.4 is 5.32 Å². The van der Waals surface area contributed by atoms with Crippen molar-refractivity contribution in [1.29, 1.82) is 0 Å². The molecule has 1 aromatic carbocycles. The molecule has 118 valence electrons. The number of rotatable bonds is 5. The smallest absolute Gasteiger partial charge is 0.251 e. The predicted molar refractivity (Wildman–Crippen MR) is 92.6 cm³/mol. The van der Waals surface area contributed by atoms with Gasteiger partial charge in [0.15, 0.2) is 0 Å². The number of carbonyl (C=O) groups excluding carboxylic acids is 1. The molecule has 0 atom stereocenters. The molecule has 0 spiro atoms. The molecule has 0 unspecified atom stereocenters. The Balaban J connectivity index is 1.79. The molecule has 0 aliphatic heterocycles. The number of hydrogen-bond donors (Lipinski definition) is 1. The summed E-state index contributed by atoms with van der Waals surface area (Å²) in [6, 6.07) is 7.88. The van der Waals surface area contributed by atoms with E-state index < -0.39 is 0 Å². The summed E-state index contributed by atoms with van der Waals surface area (Å²) in [4.78, 5) is 16.5. The van der Waals surface area contributed by atoms with Crippen LogP contribution in [0.2, 0.25) is 0 Å². The van der Waals surface area contributed by atoms with Gasteiger partial charge in [0.2, 0.25) is 0 Å². The molecule has 0 saturated heterocycles. The van der Waals surface area contributed by atoms with Crippen molar-refractivity contribution in [2.45, 2.75) is 46.0 Å². The fraction of sp³-hybridized carbons (Fsp3) is 0.444. The highest BCUT2D eigenvalue weighted by molar-refractivity contribution is 7.09. The quantitative estimate of drug-likeness (QED) is 0.843. The van der Waals surface area contributed by atoms with Crippen LogP contribution >= 0.6 is 11.3 Å². The van der Waals surface area contributed by atoms with E-state index in [0.29, 0.717) is 6.54 Å². The Bertz CT molecular complexity index is 623. The Morgan fingerprint density at radius 1 is 1.23 bits per heavy atom. The van der Waals surface area contributed by atoms with Crippen molar-refractivity contribution in [3.05, 3.63) is 51.5 Å². The van der Waals surface area contributed by atoms with Gasteiger partial charge in [-0.2, -0.15) is 0 Å². The number of carbonyl (C=O) groups is 1. The van der Waals surface area contributed by atoms with Gasteiger partial charge in [0.1, 0.15) is 0 Å². The van der Waals surface area contributed by atoms with E-state index in [-0.39, 0.29) is 11.3 Å². The minimum Gasteiger partial charge on any atom is -0.352 e. The average molecular weight is 316 g/mol. The second kappa shape index (κ2) is 7.05. The zero-order valence-corrected chi connectivity index (χ0v) is 14.6. The molecule has 22 heavy (non-hydrogen) atoms. The molecular formula is C18H24N2OS. The van der Waals surface area contributed by atoms with Crippen LogP contribution in [0.3, 0.4) is 0 Å². The van der Waals surface area contributed by atoms with Gasteiger partial charge in [-0.3, -0.25) is 4.79 Å². The average Bonchev–Trinajstić information content (AvgIpc) is 2.88. The Kier molecular flexibility index (Phi) is 5.35. The number of hydrogen-bond acceptors (Lipinski definition) is 3. The van der Waals surface area contributed by atoms with E-state index in [4.69, 9.17) is 0 Å². The van der Waals surface area contributed by atoms with Crippen molar-refractivity contribution in [2.24, 2.45) is 0 Å². The topological polar surface area (TPSA) is 42.0 Å². The standard InChI is InChI=1S/C18H24N2OS/c1-13-12-22-16(20-13)6-5-11-19-17(21)14-7-9-15(10-8-14)18(2,3)4/h7-10,12H,5-6,11H2,1-4H3,(H,19,21). The number of nitrogens with zero attached hydrogens (tertiary/aromatic N) is 1. The Morgan fingerprint density at radius 3 is 2.45 bits per heavy atom. The van der Waals surface area contributed by atoms with Gasteiger partial charge in [-0.15, -0.1) is 11.3 Å². The van der Waals surface area contributed by atoms with Gasteiger partial charge in [-0.05, 0) is 36.5 Å². The third-order valence-corrected chi connectivity index (χ3v) is 4.56. The van der Waals surface area contributed by atoms with Crippen molar-refractivity contribution in [2.75, 3.05) is 6.54 Å². The van der Waals surface area contributed by atoms with Crippen LogP contribution in [-0.2, 0) is 11.8 Å². The maximum atomic E-state index is 12.1. The van der Waals surface area contributed by atoms with Gasteiger partial charge in [0.05, 0.1) is 5.01 Å². The van der Waals surface area contributed by atoms with Gasteiger partial charge in [-0.1, -0.05) is 32.9 Å². The summed E-state index contributed by atoms with van der Waals surface area (Å²) in [5.74, 6) is -0.00391. The monoisotopic (exact) mass is 316 g/mol. The van der Waals surface area contributed by atoms with E-state index in [1.54, 1.807) is 11.3 Å². The van der Waals surface area contributed by atoms with Crippen molar-refractivity contribution in [3.8, 4) is 0 Å². The third-order valence-electron chi connectivity index (χ3n) is 3.53. The number of aryl methyl sites for hydroxylation is 2. The SMILES string of the molecule is Cc1csc(CCCNC(=O)c2ccc(C(C)(C)C)cc2)n1. The highest BCUT2D eigenvalue weighted by Crippen LogP contribution is 2.22. The first-order valence-electron chi connectivity index (χ1n) is 7.66. The lowest BCUT2D eigenvalue weighted by atomic mass is 9.87. The van der Waals surface area contributed by atoms with Crippen molar-refractivity contribution < 1.29 is 4.79 Å². The van der Waals surface area contributed by atoms with E-state index in [2.05, 4.69) is 36.5 Å². The molecule has 0 aliphatic rings. The Labute approximate surface area is 136 Å². The molecule has 1 amide bonds. The first-order chi connectivity index (χ1) is 10.4. The summed E-state index contributed by atoms with van der Waals surface area (Å²) in [6.07, 6.45) is 1.83. The van der Waals surface area contributed by atoms with E-state index in [1.165, 1.54) is 5.56 Å². The molecule has 2 aromatic rings. The molecule has 3 nitrogen and oxygen atoms in total. The van der Waals surface area contributed by atoms with Crippen LogP contribution in [0.15, 0.2) is 29.6 Å². The molecule has 0 radical (unpaired) electrons. The number of aromatic nitrogens is 1. The van der Waals surface area contributed by atoms with Crippen LogP contribution in [0.5, 0.6) is 0 Å². The summed E-state index contributed by atoms with van der Waals surface area (Å²) < 4.78 is 0. The van der Waals surface area contributed by atoms with E-state index in [1.807, 2.05) is 31.2 Å². The van der Waals surface area contributed by atoms with E-state index >= 15 is 0 Å². The fourth-order valence-electron chi connectivity index (χ4n) is 2.18. The molecule has 1 N–H and O–H groups in total. The van der Waals surface area contributed by atoms with Crippen molar-refractivity contribution in [1.82, 2.24) is 10.3 Å². The molecule has 0 aliphatic carbocycles. The lowest BCUT2D eigenvalue weighted by Crippen LogP contribution is -2.25. The second-order valence-electron chi connectivity index (χ2n) is 6.57. The first-order valence-corrected chi connectivity index (χ1v) is 8.54. The summed E-state index contributed by atoms with van der Waals surface area (Å²) in [5, 5.41) is 6.17. The number of thiazole rings is 1. The highest BCUT2D eigenvalue weighted by Gasteiger charge is 2.14. The largest absolute Gasteiger partial charge is 0.352 e. The second-order valence-corrected chi connectivity index (χ2v) is 7.51. The van der Waals surface area contributed by atoms with Crippen LogP contribution in [-0.4, -0.2) is 17.4 Å². The van der Waals surface area contributed by atoms with Gasteiger partial charge in [-0.25, -0.2) is 4.98 Å². The Morgan fingerprint density at radius 2 is 1.91 bits per heavy atom. The van der Waals surface area contributed by atoms with Crippen LogP contribution in [0.25, 0.3) is 0 Å². The Hall–Kier alpha value is -1.68. The molecule has 0 bridgehead atoms. The summed E-state index contributed by atoms with van der Waals surface area (Å²) in [5.41, 5.74) is 3.14. The van der Waals surface area contributed by atoms with Gasteiger partial charge in [0, 0.05) is 29.6 Å². The lowest BCUT2D eigenvalue weighted by molar-refractivity contribution is 0.0953. The van der Waals surface area contributed by atoms with Gasteiger partial charge < -0.3 is 5.32 Å². The molecule has 1 aromatic heterocycles. The maximum Gasteiger partial charge on any atom is 0.251 e. The normalized spacial score (nSPS) is 11.5. The highest BCUT2D eigenvalue weighted by atomic mass is 32.1. The summed E-state index contributed by atoms with van der Waals surface area (Å²) in [6.45, 7) is 9.19. The number of nitrogens with one attached hydrogen (secondary N) is 1. The van der Waals surface area contributed by atoms with E-state index in [0.717, 1.165) is 29.1 Å². The number of benzene rings is 1. The van der Waals surface area contributed by atoms with Crippen LogP contribution in [0.1, 0.15) is 53.8 Å². The van der Waals surface area contributed by atoms with Gasteiger partial charge in [0.25, 0.3) is 5.91 Å². The zero-order chi connectivity index (χ0) is 16.2. The molecule has 1 heterocycles. The fourth-order valence-corrected chi connectivity index (χ4v) is 3.00. The van der Waals surface area contributed by atoms with Crippen LogP contribution in [0, 0.1) is 6.92 Å². The minimum atomic E-state index is -0.00391. The zero-order valence-electron chi connectivity index (χ0n) is 13.8. The summed E-state index contributed by atoms with van der Waals surface area (Å²) >= 11 is 1.68. The lowest BCUT2D eigenvalue weighted by Gasteiger charge is -2.19. The van der Waals surface area contributed by atoms with Gasteiger partial charge >= 0.3 is 0 Å². The molecule has 0 fully saturated rings. The van der Waals surface area contributed by atoms with Crippen LogP contribution in [0.4, 0.5) is 0 Å². The van der Waals surface area contributed by atoms with E-state index in [9.17, 15) is 4.79 Å². The maximum absolute atomic E-state index is 12.1. The summed E-state index contributed by atoms with van der Waals surface area (Å²) in [7, 11) is 0. The molecule has 2 rings (SSSR count). The predicted octanol–water partition coefficient (Wildman–Crippen LogP) is 4.11. The molecule has 0 saturated carbocycles.